The van der Waals surface area contributed by atoms with E-state index in [1.807, 2.05) is 33.9 Å². The van der Waals surface area contributed by atoms with Gasteiger partial charge in [-0.2, -0.15) is 0 Å². The van der Waals surface area contributed by atoms with E-state index in [2.05, 4.69) is 22.5 Å². The molecule has 0 spiro atoms. The molecule has 2 aromatic rings. The number of ether oxygens (including phenoxy) is 1. The first kappa shape index (κ1) is 22.1. The van der Waals surface area contributed by atoms with Crippen LogP contribution in [0.2, 0.25) is 0 Å². The first-order valence-corrected chi connectivity index (χ1v) is 10.4. The number of nitrogens with one attached hydrogen (secondary N) is 2. The Hall–Kier alpha value is -2.63. The summed E-state index contributed by atoms with van der Waals surface area (Å²) in [6.07, 6.45) is 3.78. The summed E-state index contributed by atoms with van der Waals surface area (Å²) in [4.78, 5) is 4.39. The van der Waals surface area contributed by atoms with Gasteiger partial charge in [0.05, 0.1) is 11.7 Å². The predicted molar refractivity (Wildman–Crippen MR) is 116 cm³/mol. The Morgan fingerprint density at radius 3 is 2.57 bits per heavy atom. The van der Waals surface area contributed by atoms with Gasteiger partial charge in [-0.05, 0) is 53.2 Å². The van der Waals surface area contributed by atoms with Gasteiger partial charge in [0.15, 0.2) is 0 Å². The molecule has 1 aromatic carbocycles. The number of hydrogen-bond acceptors (Lipinski definition) is 4. The van der Waals surface area contributed by atoms with Crippen LogP contribution in [0, 0.1) is 18.6 Å². The van der Waals surface area contributed by atoms with Crippen molar-refractivity contribution in [1.82, 2.24) is 15.6 Å². The molecule has 2 atom stereocenters. The summed E-state index contributed by atoms with van der Waals surface area (Å²) in [5.74, 6) is -0.397. The zero-order valence-electron chi connectivity index (χ0n) is 18.6. The molecule has 2 N–H and O–H groups in total. The molecular weight excluding hydrogens is 384 g/mol. The lowest BCUT2D eigenvalue weighted by atomic mass is 10.0. The molecule has 0 radical (unpaired) electrons. The van der Waals surface area contributed by atoms with E-state index < -0.39 is 17.2 Å². The van der Waals surface area contributed by atoms with E-state index in [1.54, 1.807) is 19.1 Å². The van der Waals surface area contributed by atoms with Crippen molar-refractivity contribution in [1.29, 1.82) is 0 Å². The maximum absolute atomic E-state index is 15.0. The number of aryl methyl sites for hydroxylation is 1. The highest BCUT2D eigenvalue weighted by molar-refractivity contribution is 5.63. The fraction of sp³-hybridized carbons (Fsp3) is 0.458. The fourth-order valence-electron chi connectivity index (χ4n) is 3.60. The monoisotopic (exact) mass is 415 g/mol. The maximum atomic E-state index is 15.0. The summed E-state index contributed by atoms with van der Waals surface area (Å²) >= 11 is 0. The Morgan fingerprint density at radius 2 is 1.93 bits per heavy atom. The quantitative estimate of drug-likeness (QED) is 0.628. The third-order valence-electron chi connectivity index (χ3n) is 5.03. The van der Waals surface area contributed by atoms with Crippen LogP contribution in [0.1, 0.15) is 64.8 Å². The van der Waals surface area contributed by atoms with Gasteiger partial charge in [0.25, 0.3) is 0 Å². The van der Waals surface area contributed by atoms with Crippen LogP contribution < -0.4 is 15.4 Å². The number of rotatable bonds is 6. The zero-order valence-corrected chi connectivity index (χ0v) is 18.6. The highest BCUT2D eigenvalue weighted by Crippen LogP contribution is 2.31. The van der Waals surface area contributed by atoms with Crippen LogP contribution in [-0.4, -0.2) is 16.6 Å². The lowest BCUT2D eigenvalue weighted by Crippen LogP contribution is -2.23. The number of aromatic nitrogens is 1. The summed E-state index contributed by atoms with van der Waals surface area (Å²) < 4.78 is 35.9. The van der Waals surface area contributed by atoms with Gasteiger partial charge in [-0.25, -0.2) is 8.78 Å². The summed E-state index contributed by atoms with van der Waals surface area (Å²) in [5.41, 5.74) is 2.04. The van der Waals surface area contributed by atoms with Crippen LogP contribution in [0.4, 0.5) is 8.78 Å². The summed E-state index contributed by atoms with van der Waals surface area (Å²) in [7, 11) is 0. The van der Waals surface area contributed by atoms with Crippen molar-refractivity contribution in [3.63, 3.8) is 0 Å². The molecule has 0 aliphatic carbocycles. The molecule has 30 heavy (non-hydrogen) atoms. The van der Waals surface area contributed by atoms with E-state index in [4.69, 9.17) is 4.74 Å². The van der Waals surface area contributed by atoms with Crippen molar-refractivity contribution in [2.75, 3.05) is 0 Å². The van der Waals surface area contributed by atoms with Crippen molar-refractivity contribution < 1.29 is 13.5 Å². The highest BCUT2D eigenvalue weighted by atomic mass is 19.1. The van der Waals surface area contributed by atoms with Crippen molar-refractivity contribution in [3.8, 4) is 17.0 Å². The molecule has 0 amide bonds. The lowest BCUT2D eigenvalue weighted by molar-refractivity contribution is 0.131. The van der Waals surface area contributed by atoms with Gasteiger partial charge in [0.1, 0.15) is 23.0 Å². The molecule has 2 heterocycles. The topological polar surface area (TPSA) is 46.2 Å². The smallest absolute Gasteiger partial charge is 0.133 e. The van der Waals surface area contributed by atoms with Crippen molar-refractivity contribution in [2.45, 2.75) is 72.1 Å². The Morgan fingerprint density at radius 1 is 1.20 bits per heavy atom. The number of nitrogens with zero attached hydrogens (tertiary/aromatic N) is 1. The van der Waals surface area contributed by atoms with E-state index in [0.717, 1.165) is 18.5 Å². The van der Waals surface area contributed by atoms with Gasteiger partial charge in [-0.1, -0.05) is 6.92 Å². The molecule has 2 unspecified atom stereocenters. The fourth-order valence-corrected chi connectivity index (χ4v) is 3.60. The largest absolute Gasteiger partial charge is 0.488 e. The minimum atomic E-state index is -0.509. The second kappa shape index (κ2) is 8.62. The van der Waals surface area contributed by atoms with E-state index in [9.17, 15) is 4.39 Å². The second-order valence-corrected chi connectivity index (χ2v) is 8.91. The zero-order chi connectivity index (χ0) is 22.1. The Labute approximate surface area is 177 Å². The van der Waals surface area contributed by atoms with Crippen LogP contribution >= 0.6 is 0 Å². The Bertz CT molecular complexity index is 950. The number of benzene rings is 1. The molecule has 1 aliphatic heterocycles. The van der Waals surface area contributed by atoms with Gasteiger partial charge >= 0.3 is 0 Å². The maximum Gasteiger partial charge on any atom is 0.133 e. The van der Waals surface area contributed by atoms with Crippen LogP contribution in [-0.2, 0) is 0 Å². The van der Waals surface area contributed by atoms with Gasteiger partial charge in [-0.15, -0.1) is 0 Å². The van der Waals surface area contributed by atoms with Crippen LogP contribution in [0.3, 0.4) is 0 Å². The minimum absolute atomic E-state index is 0.124. The van der Waals surface area contributed by atoms with Crippen LogP contribution in [0.25, 0.3) is 11.3 Å². The standard InChI is InChI=1S/C24H31F2N3O/c1-7-16-9-17(13-27-16)29-15(3)19-11-22(26)20(12-21(19)25)23-10-18(8-14(2)28-23)30-24(4,5)6/h8,10-13,15-16,27,29H,7,9H2,1-6H3. The van der Waals surface area contributed by atoms with E-state index >= 15 is 4.39 Å². The molecule has 0 saturated heterocycles. The molecule has 1 aliphatic rings. The number of halogens is 2. The molecule has 162 valence electrons. The molecule has 1 aromatic heterocycles. The average molecular weight is 416 g/mol. The average Bonchev–Trinajstić information content (AvgIpc) is 3.08. The van der Waals surface area contributed by atoms with Crippen molar-refractivity contribution >= 4 is 0 Å². The SMILES string of the molecule is CCC1CC(NC(C)c2cc(F)c(-c3cc(OC(C)(C)C)cc(C)n3)cc2F)=CN1. The lowest BCUT2D eigenvalue weighted by Gasteiger charge is -2.22. The summed E-state index contributed by atoms with van der Waals surface area (Å²) in [6, 6.07) is 5.95. The van der Waals surface area contributed by atoms with E-state index in [1.165, 1.54) is 12.1 Å². The Balaban J connectivity index is 1.86. The van der Waals surface area contributed by atoms with Gasteiger partial charge in [0.2, 0.25) is 0 Å². The third kappa shape index (κ3) is 5.29. The predicted octanol–water partition coefficient (Wildman–Crippen LogP) is 5.78. The normalized spacial score (nSPS) is 17.3. The molecule has 3 rings (SSSR count). The van der Waals surface area contributed by atoms with E-state index in [-0.39, 0.29) is 17.2 Å². The highest BCUT2D eigenvalue weighted by Gasteiger charge is 2.21. The summed E-state index contributed by atoms with van der Waals surface area (Å²) in [5, 5.41) is 6.57. The minimum Gasteiger partial charge on any atom is -0.488 e. The van der Waals surface area contributed by atoms with Crippen LogP contribution in [0.5, 0.6) is 5.75 Å². The third-order valence-corrected chi connectivity index (χ3v) is 5.03. The van der Waals surface area contributed by atoms with Crippen molar-refractivity contribution in [3.05, 3.63) is 59.1 Å². The number of hydrogen-bond donors (Lipinski definition) is 2. The van der Waals surface area contributed by atoms with Gasteiger partial charge < -0.3 is 15.4 Å². The molecular formula is C24H31F2N3O. The Kier molecular flexibility index (Phi) is 6.34. The molecule has 6 heteroatoms. The molecule has 0 saturated carbocycles. The molecule has 4 nitrogen and oxygen atoms in total. The second-order valence-electron chi connectivity index (χ2n) is 8.91. The first-order chi connectivity index (χ1) is 14.1. The van der Waals surface area contributed by atoms with E-state index in [0.29, 0.717) is 23.2 Å². The molecule has 0 fully saturated rings. The molecule has 0 bridgehead atoms. The summed E-state index contributed by atoms with van der Waals surface area (Å²) in [6.45, 7) is 11.6. The van der Waals surface area contributed by atoms with Gasteiger partial charge in [-0.3, -0.25) is 4.98 Å². The first-order valence-electron chi connectivity index (χ1n) is 10.4. The van der Waals surface area contributed by atoms with Crippen molar-refractivity contribution in [2.24, 2.45) is 0 Å². The number of pyridine rings is 1. The van der Waals surface area contributed by atoms with Crippen LogP contribution in [0.15, 0.2) is 36.2 Å². The van der Waals surface area contributed by atoms with Gasteiger partial charge in [0, 0.05) is 53.3 Å².